The van der Waals surface area contributed by atoms with Crippen LogP contribution in [0.5, 0.6) is 17.2 Å². The van der Waals surface area contributed by atoms with Gasteiger partial charge in [-0.3, -0.25) is 4.79 Å². The van der Waals surface area contributed by atoms with Gasteiger partial charge in [-0.25, -0.2) is 9.24 Å². The van der Waals surface area contributed by atoms with E-state index < -0.39 is 6.17 Å². The van der Waals surface area contributed by atoms with Crippen molar-refractivity contribution >= 4 is 23.2 Å². The lowest BCUT2D eigenvalue weighted by Crippen LogP contribution is -2.45. The Hall–Kier alpha value is -5.13. The first kappa shape index (κ1) is 39.1. The SMILES string of the molecule is [C-]#[N+]c1cc(C#N)cc(COc2cc(O[C@H]3CCc4c(-c5cccc(OCCCN6CCC(F)CC6)c5C)cccc43)c(Cl)cc2CN[C@@H]2CCC(=O)NC2)c1. The van der Waals surface area contributed by atoms with E-state index in [1.165, 1.54) is 11.1 Å². The zero-order valence-corrected chi connectivity index (χ0v) is 32.5. The topological polar surface area (TPSA) is 100 Å². The molecule has 2 N–H and O–H groups in total. The summed E-state index contributed by atoms with van der Waals surface area (Å²) in [7, 11) is 0. The second-order valence-electron chi connectivity index (χ2n) is 14.9. The van der Waals surface area contributed by atoms with Crippen molar-refractivity contribution in [2.75, 3.05) is 32.8 Å². The molecule has 7 rings (SSSR count). The number of carbonyl (C=O) groups is 1. The minimum atomic E-state index is -0.660. The van der Waals surface area contributed by atoms with Crippen LogP contribution in [-0.4, -0.2) is 55.8 Å². The van der Waals surface area contributed by atoms with Crippen molar-refractivity contribution in [3.63, 3.8) is 0 Å². The van der Waals surface area contributed by atoms with Crippen molar-refractivity contribution in [1.29, 1.82) is 5.26 Å². The third-order valence-electron chi connectivity index (χ3n) is 11.0. The average molecular weight is 776 g/mol. The molecule has 2 atom stereocenters. The number of nitrogens with zero attached hydrogens (tertiary/aromatic N) is 3. The molecule has 4 aromatic rings. The molecule has 2 aliphatic heterocycles. The van der Waals surface area contributed by atoms with Crippen LogP contribution in [0.4, 0.5) is 10.1 Å². The summed E-state index contributed by atoms with van der Waals surface area (Å²) in [6.07, 6.45) is 4.09. The molecule has 290 valence electrons. The number of likely N-dealkylation sites (tertiary alicyclic amines) is 1. The zero-order valence-electron chi connectivity index (χ0n) is 31.7. The molecule has 0 spiro atoms. The van der Waals surface area contributed by atoms with Gasteiger partial charge in [0.2, 0.25) is 5.91 Å². The summed E-state index contributed by atoms with van der Waals surface area (Å²) >= 11 is 6.94. The number of fused-ring (bicyclic) bond motifs is 1. The van der Waals surface area contributed by atoms with Crippen LogP contribution in [-0.2, 0) is 24.4 Å². The number of rotatable bonds is 14. The van der Waals surface area contributed by atoms with Crippen molar-refractivity contribution < 1.29 is 23.4 Å². The molecular weight excluding hydrogens is 729 g/mol. The second kappa shape index (κ2) is 18.2. The Labute approximate surface area is 333 Å². The summed E-state index contributed by atoms with van der Waals surface area (Å²) in [5.41, 5.74) is 8.07. The van der Waals surface area contributed by atoms with Crippen molar-refractivity contribution in [2.24, 2.45) is 0 Å². The van der Waals surface area contributed by atoms with E-state index in [4.69, 9.17) is 32.4 Å². The predicted molar refractivity (Wildman–Crippen MR) is 215 cm³/mol. The van der Waals surface area contributed by atoms with Gasteiger partial charge in [0, 0.05) is 62.4 Å². The number of nitriles is 1. The molecule has 3 aliphatic rings. The van der Waals surface area contributed by atoms with Crippen LogP contribution in [0.25, 0.3) is 16.0 Å². The molecule has 0 aromatic heterocycles. The minimum Gasteiger partial charge on any atom is -0.493 e. The fourth-order valence-electron chi connectivity index (χ4n) is 7.95. The van der Waals surface area contributed by atoms with E-state index in [1.54, 1.807) is 18.2 Å². The Morgan fingerprint density at radius 3 is 2.61 bits per heavy atom. The van der Waals surface area contributed by atoms with Gasteiger partial charge >= 0.3 is 0 Å². The number of hydrogen-bond acceptors (Lipinski definition) is 7. The molecule has 11 heteroatoms. The fraction of sp³-hybridized carbons (Fsp3) is 0.400. The van der Waals surface area contributed by atoms with Crippen molar-refractivity contribution in [1.82, 2.24) is 15.5 Å². The van der Waals surface area contributed by atoms with Crippen LogP contribution >= 0.6 is 11.6 Å². The number of amides is 1. The summed E-state index contributed by atoms with van der Waals surface area (Å²) < 4.78 is 32.9. The first-order valence-corrected chi connectivity index (χ1v) is 19.9. The quantitative estimate of drug-likeness (QED) is 0.0975. The Morgan fingerprint density at radius 2 is 1.82 bits per heavy atom. The highest BCUT2D eigenvalue weighted by Gasteiger charge is 2.29. The monoisotopic (exact) mass is 775 g/mol. The molecule has 4 aromatic carbocycles. The normalized spacial score (nSPS) is 18.4. The van der Waals surface area contributed by atoms with E-state index in [-0.39, 0.29) is 24.7 Å². The summed E-state index contributed by atoms with van der Waals surface area (Å²) in [4.78, 5) is 17.6. The van der Waals surface area contributed by atoms with E-state index in [1.807, 2.05) is 24.3 Å². The average Bonchev–Trinajstić information content (AvgIpc) is 3.63. The van der Waals surface area contributed by atoms with Crippen molar-refractivity contribution in [3.05, 3.63) is 117 Å². The Kier molecular flexibility index (Phi) is 12.7. The maximum Gasteiger partial charge on any atom is 0.220 e. The third-order valence-corrected chi connectivity index (χ3v) is 11.3. The van der Waals surface area contributed by atoms with Crippen LogP contribution in [0, 0.1) is 24.8 Å². The maximum atomic E-state index is 13.5. The molecular formula is C45H47ClFN5O4. The van der Waals surface area contributed by atoms with Gasteiger partial charge in [0.05, 0.1) is 24.3 Å². The van der Waals surface area contributed by atoms with E-state index in [2.05, 4.69) is 57.6 Å². The van der Waals surface area contributed by atoms with E-state index in [0.717, 1.165) is 73.3 Å². The summed E-state index contributed by atoms with van der Waals surface area (Å²) in [6.45, 7) is 13.9. The maximum absolute atomic E-state index is 13.5. The van der Waals surface area contributed by atoms with Crippen LogP contribution in [0.15, 0.2) is 66.7 Å². The number of piperidine rings is 2. The predicted octanol–water partition coefficient (Wildman–Crippen LogP) is 8.95. The van der Waals surface area contributed by atoms with E-state index in [0.29, 0.717) is 72.3 Å². The molecule has 1 aliphatic carbocycles. The van der Waals surface area contributed by atoms with Gasteiger partial charge in [0.1, 0.15) is 36.1 Å². The summed E-state index contributed by atoms with van der Waals surface area (Å²) in [5.74, 6) is 2.02. The van der Waals surface area contributed by atoms with Gasteiger partial charge in [-0.15, -0.1) is 0 Å². The lowest BCUT2D eigenvalue weighted by molar-refractivity contribution is -0.122. The molecule has 0 bridgehead atoms. The Morgan fingerprint density at radius 1 is 1.00 bits per heavy atom. The number of nitrogens with one attached hydrogen (secondary N) is 2. The molecule has 0 unspecified atom stereocenters. The second-order valence-corrected chi connectivity index (χ2v) is 15.3. The lowest BCUT2D eigenvalue weighted by atomic mass is 9.93. The van der Waals surface area contributed by atoms with Gasteiger partial charge in [-0.1, -0.05) is 41.9 Å². The largest absolute Gasteiger partial charge is 0.493 e. The molecule has 2 heterocycles. The highest BCUT2D eigenvalue weighted by molar-refractivity contribution is 6.32. The Balaban J connectivity index is 1.07. The first-order valence-electron chi connectivity index (χ1n) is 19.5. The molecule has 56 heavy (non-hydrogen) atoms. The summed E-state index contributed by atoms with van der Waals surface area (Å²) in [6, 6.07) is 23.5. The summed E-state index contributed by atoms with van der Waals surface area (Å²) in [5, 5.41) is 16.4. The fourth-order valence-corrected chi connectivity index (χ4v) is 8.18. The van der Waals surface area contributed by atoms with Gasteiger partial charge in [-0.05, 0) is 109 Å². The number of ether oxygens (including phenoxy) is 3. The lowest BCUT2D eigenvalue weighted by Gasteiger charge is -2.28. The van der Waals surface area contributed by atoms with E-state index in [9.17, 15) is 14.4 Å². The number of carbonyl (C=O) groups excluding carboxylic acids is 1. The van der Waals surface area contributed by atoms with Crippen LogP contribution in [0.3, 0.4) is 0 Å². The molecule has 2 fully saturated rings. The Bertz CT molecular complexity index is 2100. The smallest absolute Gasteiger partial charge is 0.220 e. The molecule has 2 saturated heterocycles. The number of benzene rings is 4. The number of halogens is 2. The van der Waals surface area contributed by atoms with Crippen LogP contribution in [0.2, 0.25) is 5.02 Å². The highest BCUT2D eigenvalue weighted by Crippen LogP contribution is 2.44. The first-order chi connectivity index (χ1) is 27.3. The van der Waals surface area contributed by atoms with Crippen LogP contribution in [0.1, 0.15) is 78.0 Å². The third kappa shape index (κ3) is 9.45. The van der Waals surface area contributed by atoms with Gasteiger partial charge < -0.3 is 29.7 Å². The molecule has 0 saturated carbocycles. The van der Waals surface area contributed by atoms with Crippen molar-refractivity contribution in [2.45, 2.75) is 83.3 Å². The molecule has 0 radical (unpaired) electrons. The number of hydrogen-bond donors (Lipinski definition) is 2. The van der Waals surface area contributed by atoms with Crippen molar-refractivity contribution in [3.8, 4) is 34.4 Å². The van der Waals surface area contributed by atoms with Gasteiger partial charge in [-0.2, -0.15) is 5.26 Å². The number of alkyl halides is 1. The zero-order chi connectivity index (χ0) is 39.0. The van der Waals surface area contributed by atoms with E-state index >= 15 is 0 Å². The highest BCUT2D eigenvalue weighted by atomic mass is 35.5. The molecule has 1 amide bonds. The molecule has 9 nitrogen and oxygen atoms in total. The van der Waals surface area contributed by atoms with Gasteiger partial charge in [0.15, 0.2) is 5.69 Å². The standard InChI is InChI=1S/C45H47ClFN5O4/c1-29-36(6-4-9-41(29)54-19-5-16-52-17-14-33(47)15-18-52)37-7-3-8-39-38(37)11-12-42(39)56-44-24-43(55-28-31-20-30(25-48)21-35(22-31)49-2)32(23-40(44)46)26-50-34-10-13-45(53)51-27-34/h3-4,6-9,20-24,33-34,42,50H,5,10-19,26-28H2,1H3,(H,51,53)/t34-,42+/m1/s1. The van der Waals surface area contributed by atoms with Gasteiger partial charge in [0.25, 0.3) is 0 Å². The van der Waals surface area contributed by atoms with Crippen LogP contribution < -0.4 is 24.8 Å². The minimum absolute atomic E-state index is 0.0584.